The molecule has 20 heavy (non-hydrogen) atoms. The van der Waals surface area contributed by atoms with Gasteiger partial charge in [0, 0.05) is 32.2 Å². The van der Waals surface area contributed by atoms with E-state index in [9.17, 15) is 9.90 Å². The molecule has 116 valence electrons. The lowest BCUT2D eigenvalue weighted by Gasteiger charge is -2.41. The van der Waals surface area contributed by atoms with Gasteiger partial charge in [0.2, 0.25) is 0 Å². The SMILES string of the molecule is CC(C)(C)OC(=O)N1CCN([C@H]2CC[C@H](O)CC2)CC1. The van der Waals surface area contributed by atoms with Crippen molar-refractivity contribution in [3.8, 4) is 0 Å². The van der Waals surface area contributed by atoms with Crippen molar-refractivity contribution in [2.24, 2.45) is 0 Å². The molecule has 1 heterocycles. The van der Waals surface area contributed by atoms with E-state index in [4.69, 9.17) is 4.74 Å². The first-order chi connectivity index (χ1) is 9.35. The average Bonchev–Trinajstić information content (AvgIpc) is 2.38. The predicted molar refractivity (Wildman–Crippen MR) is 77.6 cm³/mol. The Balaban J connectivity index is 1.76. The van der Waals surface area contributed by atoms with Gasteiger partial charge < -0.3 is 14.7 Å². The van der Waals surface area contributed by atoms with Crippen LogP contribution in [0.3, 0.4) is 0 Å². The molecule has 0 spiro atoms. The van der Waals surface area contributed by atoms with Gasteiger partial charge in [-0.3, -0.25) is 4.90 Å². The van der Waals surface area contributed by atoms with E-state index >= 15 is 0 Å². The summed E-state index contributed by atoms with van der Waals surface area (Å²) in [4.78, 5) is 16.3. The summed E-state index contributed by atoms with van der Waals surface area (Å²) in [6.07, 6.45) is 3.68. The molecule has 2 rings (SSSR count). The summed E-state index contributed by atoms with van der Waals surface area (Å²) >= 11 is 0. The average molecular weight is 284 g/mol. The second-order valence-corrected chi connectivity index (χ2v) is 6.97. The Morgan fingerprint density at radius 2 is 1.60 bits per heavy atom. The minimum atomic E-state index is -0.423. The third kappa shape index (κ3) is 4.35. The fourth-order valence-electron chi connectivity index (χ4n) is 3.02. The van der Waals surface area contributed by atoms with Crippen LogP contribution in [0.25, 0.3) is 0 Å². The Morgan fingerprint density at radius 1 is 1.05 bits per heavy atom. The third-order valence-electron chi connectivity index (χ3n) is 4.15. The van der Waals surface area contributed by atoms with E-state index in [1.54, 1.807) is 4.90 Å². The minimum absolute atomic E-state index is 0.102. The van der Waals surface area contributed by atoms with Crippen molar-refractivity contribution in [3.63, 3.8) is 0 Å². The number of carbonyl (C=O) groups excluding carboxylic acids is 1. The van der Waals surface area contributed by atoms with Crippen molar-refractivity contribution in [3.05, 3.63) is 0 Å². The zero-order valence-electron chi connectivity index (χ0n) is 13.0. The number of nitrogens with zero attached hydrogens (tertiary/aromatic N) is 2. The van der Waals surface area contributed by atoms with Crippen LogP contribution in [0.15, 0.2) is 0 Å². The number of carbonyl (C=O) groups is 1. The highest BCUT2D eigenvalue weighted by Gasteiger charge is 2.30. The maximum absolute atomic E-state index is 12.0. The van der Waals surface area contributed by atoms with Gasteiger partial charge in [-0.1, -0.05) is 0 Å². The van der Waals surface area contributed by atoms with E-state index in [0.29, 0.717) is 6.04 Å². The Labute approximate surface area is 121 Å². The molecule has 1 aliphatic carbocycles. The zero-order chi connectivity index (χ0) is 14.8. The van der Waals surface area contributed by atoms with Crippen LogP contribution < -0.4 is 0 Å². The van der Waals surface area contributed by atoms with Gasteiger partial charge >= 0.3 is 6.09 Å². The van der Waals surface area contributed by atoms with Crippen LogP contribution in [0.5, 0.6) is 0 Å². The van der Waals surface area contributed by atoms with Gasteiger partial charge in [-0.15, -0.1) is 0 Å². The smallest absolute Gasteiger partial charge is 0.410 e. The molecule has 1 saturated heterocycles. The summed E-state index contributed by atoms with van der Waals surface area (Å²) in [5, 5.41) is 9.56. The van der Waals surface area contributed by atoms with E-state index < -0.39 is 5.60 Å². The molecule has 5 nitrogen and oxygen atoms in total. The molecule has 0 aromatic rings. The third-order valence-corrected chi connectivity index (χ3v) is 4.15. The first kappa shape index (κ1) is 15.6. The van der Waals surface area contributed by atoms with Crippen molar-refractivity contribution in [1.29, 1.82) is 0 Å². The van der Waals surface area contributed by atoms with Gasteiger partial charge in [-0.05, 0) is 46.5 Å². The van der Waals surface area contributed by atoms with E-state index in [0.717, 1.165) is 51.9 Å². The molecule has 5 heteroatoms. The van der Waals surface area contributed by atoms with Crippen molar-refractivity contribution >= 4 is 6.09 Å². The van der Waals surface area contributed by atoms with Crippen molar-refractivity contribution < 1.29 is 14.6 Å². The standard InChI is InChI=1S/C15H28N2O3/c1-15(2,3)20-14(19)17-10-8-16(9-11-17)12-4-6-13(18)7-5-12/h12-13,18H,4-11H2,1-3H3/t12-,13-. The number of aliphatic hydroxyl groups is 1. The molecule has 2 fully saturated rings. The number of hydrogen-bond acceptors (Lipinski definition) is 4. The second kappa shape index (κ2) is 6.31. The fourth-order valence-corrected chi connectivity index (χ4v) is 3.02. The highest BCUT2D eigenvalue weighted by atomic mass is 16.6. The maximum Gasteiger partial charge on any atom is 0.410 e. The molecule has 2 aliphatic rings. The quantitative estimate of drug-likeness (QED) is 0.798. The molecule has 0 aromatic heterocycles. The highest BCUT2D eigenvalue weighted by Crippen LogP contribution is 2.24. The number of rotatable bonds is 1. The molecule has 0 aromatic carbocycles. The van der Waals surface area contributed by atoms with Crippen LogP contribution in [-0.2, 0) is 4.74 Å². The monoisotopic (exact) mass is 284 g/mol. The Kier molecular flexibility index (Phi) is 4.91. The van der Waals surface area contributed by atoms with E-state index in [-0.39, 0.29) is 12.2 Å². The van der Waals surface area contributed by atoms with Crippen molar-refractivity contribution in [1.82, 2.24) is 9.80 Å². The molecule has 0 unspecified atom stereocenters. The largest absolute Gasteiger partial charge is 0.444 e. The molecule has 0 radical (unpaired) electrons. The number of amides is 1. The molecular formula is C15H28N2O3. The number of hydrogen-bond donors (Lipinski definition) is 1. The number of aliphatic hydroxyl groups excluding tert-OH is 1. The highest BCUT2D eigenvalue weighted by molar-refractivity contribution is 5.68. The van der Waals surface area contributed by atoms with Crippen LogP contribution in [0.4, 0.5) is 4.79 Å². The van der Waals surface area contributed by atoms with E-state index in [1.165, 1.54) is 0 Å². The summed E-state index contributed by atoms with van der Waals surface area (Å²) < 4.78 is 5.41. The second-order valence-electron chi connectivity index (χ2n) is 6.97. The number of ether oxygens (including phenoxy) is 1. The molecule has 1 aliphatic heterocycles. The van der Waals surface area contributed by atoms with Gasteiger partial charge in [0.15, 0.2) is 0 Å². The lowest BCUT2D eigenvalue weighted by atomic mass is 9.91. The summed E-state index contributed by atoms with van der Waals surface area (Å²) in [5.74, 6) is 0. The van der Waals surface area contributed by atoms with Gasteiger partial charge in [0.25, 0.3) is 0 Å². The van der Waals surface area contributed by atoms with Crippen LogP contribution >= 0.6 is 0 Å². The summed E-state index contributed by atoms with van der Waals surface area (Å²) in [6, 6.07) is 0.583. The van der Waals surface area contributed by atoms with Gasteiger partial charge in [0.1, 0.15) is 5.60 Å². The first-order valence-corrected chi connectivity index (χ1v) is 7.75. The van der Waals surface area contributed by atoms with Crippen molar-refractivity contribution in [2.45, 2.75) is 64.2 Å². The van der Waals surface area contributed by atoms with Crippen LogP contribution in [0.2, 0.25) is 0 Å². The predicted octanol–water partition coefficient (Wildman–Crippen LogP) is 1.84. The van der Waals surface area contributed by atoms with Crippen LogP contribution in [-0.4, -0.2) is 64.9 Å². The van der Waals surface area contributed by atoms with Gasteiger partial charge in [-0.25, -0.2) is 4.79 Å². The normalized spacial score (nSPS) is 29.3. The molecule has 1 N–H and O–H groups in total. The lowest BCUT2D eigenvalue weighted by Crippen LogP contribution is -2.53. The fraction of sp³-hybridized carbons (Fsp3) is 0.933. The van der Waals surface area contributed by atoms with E-state index in [2.05, 4.69) is 4.90 Å². The minimum Gasteiger partial charge on any atom is -0.444 e. The summed E-state index contributed by atoms with van der Waals surface area (Å²) in [5.41, 5.74) is -0.423. The first-order valence-electron chi connectivity index (χ1n) is 7.75. The van der Waals surface area contributed by atoms with Crippen molar-refractivity contribution in [2.75, 3.05) is 26.2 Å². The summed E-state index contributed by atoms with van der Waals surface area (Å²) in [6.45, 7) is 9.01. The molecule has 0 atom stereocenters. The van der Waals surface area contributed by atoms with Gasteiger partial charge in [0.05, 0.1) is 6.10 Å². The van der Waals surface area contributed by atoms with Gasteiger partial charge in [-0.2, -0.15) is 0 Å². The molecule has 1 amide bonds. The van der Waals surface area contributed by atoms with Crippen LogP contribution in [0, 0.1) is 0 Å². The topological polar surface area (TPSA) is 53.0 Å². The zero-order valence-corrected chi connectivity index (χ0v) is 13.0. The molecule has 0 bridgehead atoms. The Bertz CT molecular complexity index is 325. The maximum atomic E-state index is 12.0. The van der Waals surface area contributed by atoms with E-state index in [1.807, 2.05) is 20.8 Å². The number of piperazine rings is 1. The van der Waals surface area contributed by atoms with Crippen LogP contribution in [0.1, 0.15) is 46.5 Å². The molecule has 1 saturated carbocycles. The lowest BCUT2D eigenvalue weighted by molar-refractivity contribution is 0.00414. The Morgan fingerprint density at radius 3 is 2.10 bits per heavy atom. The summed E-state index contributed by atoms with van der Waals surface area (Å²) in [7, 11) is 0. The Hall–Kier alpha value is -0.810. The molecular weight excluding hydrogens is 256 g/mol.